The van der Waals surface area contributed by atoms with Gasteiger partial charge in [0.25, 0.3) is 0 Å². The second kappa shape index (κ2) is 4.96. The predicted molar refractivity (Wildman–Crippen MR) is 57.6 cm³/mol. The molecule has 0 radical (unpaired) electrons. The Morgan fingerprint density at radius 3 is 2.24 bits per heavy atom. The van der Waals surface area contributed by atoms with Gasteiger partial charge in [0, 0.05) is 6.42 Å². The van der Waals surface area contributed by atoms with E-state index >= 15 is 0 Å². The fourth-order valence-electron chi connectivity index (χ4n) is 2.89. The van der Waals surface area contributed by atoms with Crippen LogP contribution in [0.5, 0.6) is 0 Å². The molecule has 0 N–H and O–H groups in total. The second-order valence-electron chi connectivity index (χ2n) is 5.08. The zero-order chi connectivity index (χ0) is 12.5. The average molecular weight is 249 g/mol. The molecule has 2 fully saturated rings. The first kappa shape index (κ1) is 12.9. The lowest BCUT2D eigenvalue weighted by molar-refractivity contribution is -0.186. The Bertz CT molecular complexity index is 282. The Kier molecular flexibility index (Phi) is 3.76. The molecule has 98 valence electrons. The number of nitrogens with zero attached hydrogens (tertiary/aromatic N) is 1. The highest BCUT2D eigenvalue weighted by molar-refractivity contribution is 5.84. The van der Waals surface area contributed by atoms with Gasteiger partial charge in [0.2, 0.25) is 0 Å². The minimum Gasteiger partial charge on any atom is -0.298 e. The number of ketones is 1. The molecule has 1 unspecified atom stereocenters. The Morgan fingerprint density at radius 2 is 1.71 bits per heavy atom. The third-order valence-corrected chi connectivity index (χ3v) is 3.96. The van der Waals surface area contributed by atoms with Crippen molar-refractivity contribution in [2.45, 2.75) is 50.7 Å². The van der Waals surface area contributed by atoms with Gasteiger partial charge in [-0.3, -0.25) is 9.69 Å². The number of rotatable bonds is 1. The first-order valence-corrected chi connectivity index (χ1v) is 6.32. The molecule has 0 aromatic carbocycles. The van der Waals surface area contributed by atoms with E-state index in [-0.39, 0.29) is 24.7 Å². The number of Topliss-reactive ketones (excluding diaryl/α,β-unsaturated/α-hetero) is 1. The largest absolute Gasteiger partial charge is 0.391 e. The summed E-state index contributed by atoms with van der Waals surface area (Å²) < 4.78 is 37.5. The van der Waals surface area contributed by atoms with Gasteiger partial charge in [-0.2, -0.15) is 13.2 Å². The summed E-state index contributed by atoms with van der Waals surface area (Å²) in [5.41, 5.74) is 0. The molecule has 2 nitrogen and oxygen atoms in total. The van der Waals surface area contributed by atoms with E-state index in [0.29, 0.717) is 19.5 Å². The molecule has 1 saturated heterocycles. The highest BCUT2D eigenvalue weighted by atomic mass is 19.4. The van der Waals surface area contributed by atoms with Gasteiger partial charge in [-0.25, -0.2) is 0 Å². The molecule has 0 aromatic heterocycles. The Balaban J connectivity index is 1.88. The van der Waals surface area contributed by atoms with Crippen molar-refractivity contribution in [1.82, 2.24) is 4.90 Å². The van der Waals surface area contributed by atoms with Crippen molar-refractivity contribution in [1.29, 1.82) is 0 Å². The van der Waals surface area contributed by atoms with Crippen LogP contribution < -0.4 is 0 Å². The van der Waals surface area contributed by atoms with Gasteiger partial charge in [0.1, 0.15) is 5.78 Å². The van der Waals surface area contributed by atoms with E-state index in [4.69, 9.17) is 0 Å². The van der Waals surface area contributed by atoms with E-state index in [2.05, 4.69) is 0 Å². The monoisotopic (exact) mass is 249 g/mol. The number of carbonyl (C=O) groups excluding carboxylic acids is 1. The lowest BCUT2D eigenvalue weighted by Crippen LogP contribution is -2.48. The average Bonchev–Trinajstić information content (AvgIpc) is 2.29. The summed E-state index contributed by atoms with van der Waals surface area (Å²) in [5.74, 6) is -0.945. The third kappa shape index (κ3) is 3.00. The summed E-state index contributed by atoms with van der Waals surface area (Å²) >= 11 is 0. The molecule has 0 spiro atoms. The van der Waals surface area contributed by atoms with E-state index < -0.39 is 12.1 Å². The summed E-state index contributed by atoms with van der Waals surface area (Å²) in [6.07, 6.45) is -0.382. The van der Waals surface area contributed by atoms with E-state index in [1.54, 1.807) is 0 Å². The van der Waals surface area contributed by atoms with Gasteiger partial charge >= 0.3 is 6.18 Å². The lowest BCUT2D eigenvalue weighted by atomic mass is 9.89. The van der Waals surface area contributed by atoms with Gasteiger partial charge in [0.15, 0.2) is 0 Å². The van der Waals surface area contributed by atoms with Gasteiger partial charge in [-0.05, 0) is 38.8 Å². The molecule has 5 heteroatoms. The van der Waals surface area contributed by atoms with Crippen LogP contribution in [-0.4, -0.2) is 36.0 Å². The van der Waals surface area contributed by atoms with Crippen LogP contribution in [0.1, 0.15) is 38.5 Å². The summed E-state index contributed by atoms with van der Waals surface area (Å²) in [7, 11) is 0. The molecular formula is C12H18F3NO. The van der Waals surface area contributed by atoms with Gasteiger partial charge in [-0.15, -0.1) is 0 Å². The minimum atomic E-state index is -4.07. The third-order valence-electron chi connectivity index (χ3n) is 3.96. The highest BCUT2D eigenvalue weighted by Crippen LogP contribution is 2.35. The zero-order valence-corrected chi connectivity index (χ0v) is 9.80. The van der Waals surface area contributed by atoms with Crippen LogP contribution in [0.2, 0.25) is 0 Å². The molecular weight excluding hydrogens is 231 g/mol. The normalized spacial score (nSPS) is 29.6. The minimum absolute atomic E-state index is 0.0991. The maximum atomic E-state index is 12.5. The molecule has 2 rings (SSSR count). The molecule has 1 aliphatic heterocycles. The number of hydrogen-bond acceptors (Lipinski definition) is 2. The molecule has 2 aliphatic rings. The molecule has 0 bridgehead atoms. The topological polar surface area (TPSA) is 20.3 Å². The van der Waals surface area contributed by atoms with Crippen molar-refractivity contribution in [3.05, 3.63) is 0 Å². The second-order valence-corrected chi connectivity index (χ2v) is 5.08. The van der Waals surface area contributed by atoms with Crippen molar-refractivity contribution < 1.29 is 18.0 Å². The molecule has 17 heavy (non-hydrogen) atoms. The first-order chi connectivity index (χ1) is 7.98. The smallest absolute Gasteiger partial charge is 0.298 e. The SMILES string of the molecule is O=C1CCCCC1N1CCC(C(F)(F)F)CC1. The number of halogens is 3. The first-order valence-electron chi connectivity index (χ1n) is 6.32. The van der Waals surface area contributed by atoms with Gasteiger partial charge in [0.05, 0.1) is 12.0 Å². The molecule has 1 heterocycles. The molecule has 1 saturated carbocycles. The van der Waals surface area contributed by atoms with Crippen LogP contribution in [0.25, 0.3) is 0 Å². The van der Waals surface area contributed by atoms with Crippen LogP contribution in [0.15, 0.2) is 0 Å². The van der Waals surface area contributed by atoms with Crippen molar-refractivity contribution in [2.24, 2.45) is 5.92 Å². The Labute approximate surface area is 99.2 Å². The lowest BCUT2D eigenvalue weighted by Gasteiger charge is -2.38. The maximum Gasteiger partial charge on any atom is 0.391 e. The number of likely N-dealkylation sites (tertiary alicyclic amines) is 1. The van der Waals surface area contributed by atoms with Crippen LogP contribution in [0.4, 0.5) is 13.2 Å². The maximum absolute atomic E-state index is 12.5. The summed E-state index contributed by atoms with van der Waals surface area (Å²) in [4.78, 5) is 13.7. The van der Waals surface area contributed by atoms with E-state index in [1.807, 2.05) is 4.90 Å². The Morgan fingerprint density at radius 1 is 1.06 bits per heavy atom. The number of piperidine rings is 1. The van der Waals surface area contributed by atoms with Gasteiger partial charge in [-0.1, -0.05) is 6.42 Å². The van der Waals surface area contributed by atoms with E-state index in [0.717, 1.165) is 19.3 Å². The predicted octanol–water partition coefficient (Wildman–Crippen LogP) is 2.77. The van der Waals surface area contributed by atoms with Crippen molar-refractivity contribution in [2.75, 3.05) is 13.1 Å². The van der Waals surface area contributed by atoms with Crippen molar-refractivity contribution >= 4 is 5.78 Å². The molecule has 1 atom stereocenters. The highest BCUT2D eigenvalue weighted by Gasteiger charge is 2.42. The quantitative estimate of drug-likeness (QED) is 0.712. The van der Waals surface area contributed by atoms with Crippen molar-refractivity contribution in [3.8, 4) is 0 Å². The number of hydrogen-bond donors (Lipinski definition) is 0. The van der Waals surface area contributed by atoms with Crippen LogP contribution in [-0.2, 0) is 4.79 Å². The number of alkyl halides is 3. The number of carbonyl (C=O) groups is 1. The van der Waals surface area contributed by atoms with E-state index in [1.165, 1.54) is 0 Å². The fraction of sp³-hybridized carbons (Fsp3) is 0.917. The Hall–Kier alpha value is -0.580. The van der Waals surface area contributed by atoms with Crippen LogP contribution in [0.3, 0.4) is 0 Å². The molecule has 0 aromatic rings. The standard InChI is InChI=1S/C12H18F3NO/c13-12(14,15)9-5-7-16(8-6-9)10-3-1-2-4-11(10)17/h9-10H,1-8H2. The summed E-state index contributed by atoms with van der Waals surface area (Å²) in [6, 6.07) is -0.0991. The van der Waals surface area contributed by atoms with Crippen molar-refractivity contribution in [3.63, 3.8) is 0 Å². The van der Waals surface area contributed by atoms with Crippen LogP contribution in [0, 0.1) is 5.92 Å². The fourth-order valence-corrected chi connectivity index (χ4v) is 2.89. The summed E-state index contributed by atoms with van der Waals surface area (Å²) in [6.45, 7) is 0.834. The molecule has 0 amide bonds. The molecule has 1 aliphatic carbocycles. The van der Waals surface area contributed by atoms with Crippen LogP contribution >= 0.6 is 0 Å². The van der Waals surface area contributed by atoms with E-state index in [9.17, 15) is 18.0 Å². The zero-order valence-electron chi connectivity index (χ0n) is 9.80. The summed E-state index contributed by atoms with van der Waals surface area (Å²) in [5, 5.41) is 0. The van der Waals surface area contributed by atoms with Gasteiger partial charge < -0.3 is 0 Å².